The minimum Gasteiger partial charge on any atom is -0.268 e. The first-order valence-corrected chi connectivity index (χ1v) is 7.06. The van der Waals surface area contributed by atoms with E-state index < -0.39 is 0 Å². The molecular weight excluding hydrogens is 341 g/mol. The van der Waals surface area contributed by atoms with Crippen molar-refractivity contribution in [1.29, 1.82) is 0 Å². The van der Waals surface area contributed by atoms with E-state index >= 15 is 0 Å². The fraction of sp³-hybridized carbons (Fsp3) is 0. The van der Waals surface area contributed by atoms with Crippen LogP contribution in [0, 0.1) is 10.6 Å². The highest BCUT2D eigenvalue weighted by molar-refractivity contribution is 9.10. The van der Waals surface area contributed by atoms with Crippen LogP contribution in [0.2, 0.25) is 0 Å². The molecule has 0 fully saturated rings. The molecule has 3 aromatic rings. The topological polar surface area (TPSA) is 33.6 Å². The molecule has 0 radical (unpaired) electrons. The van der Waals surface area contributed by atoms with E-state index in [1.54, 1.807) is 16.7 Å². The van der Waals surface area contributed by atoms with Crippen molar-refractivity contribution in [3.8, 4) is 17.1 Å². The summed E-state index contributed by atoms with van der Waals surface area (Å²) in [5, 5.41) is 6.97. The van der Waals surface area contributed by atoms with Gasteiger partial charge in [-0.05, 0) is 52.4 Å². The maximum absolute atomic E-state index is 13.7. The van der Waals surface area contributed by atoms with Crippen LogP contribution in [0.15, 0.2) is 53.0 Å². The largest absolute Gasteiger partial charge is 0.268 e. The number of H-pyrrole nitrogens is 1. The van der Waals surface area contributed by atoms with Gasteiger partial charge in [0, 0.05) is 11.3 Å². The average Bonchev–Trinajstić information content (AvgIpc) is 2.84. The number of aromatic amines is 1. The van der Waals surface area contributed by atoms with Crippen LogP contribution in [0.4, 0.5) is 4.39 Å². The van der Waals surface area contributed by atoms with E-state index in [2.05, 4.69) is 26.1 Å². The van der Waals surface area contributed by atoms with Crippen molar-refractivity contribution in [1.82, 2.24) is 14.8 Å². The van der Waals surface area contributed by atoms with E-state index in [-0.39, 0.29) is 5.82 Å². The molecule has 3 nitrogen and oxygen atoms in total. The zero-order valence-corrected chi connectivity index (χ0v) is 12.6. The number of rotatable bonds is 2. The average molecular weight is 350 g/mol. The van der Waals surface area contributed by atoms with Crippen LogP contribution in [-0.2, 0) is 0 Å². The number of hydrogen-bond donors (Lipinski definition) is 1. The molecule has 0 aliphatic rings. The van der Waals surface area contributed by atoms with Crippen LogP contribution in [-0.4, -0.2) is 14.8 Å². The Kier molecular flexibility index (Phi) is 3.50. The maximum Gasteiger partial charge on any atom is 0.200 e. The van der Waals surface area contributed by atoms with E-state index in [1.165, 1.54) is 6.07 Å². The smallest absolute Gasteiger partial charge is 0.200 e. The molecule has 0 aliphatic heterocycles. The Morgan fingerprint density at radius 2 is 1.85 bits per heavy atom. The van der Waals surface area contributed by atoms with Crippen LogP contribution >= 0.6 is 28.1 Å². The summed E-state index contributed by atoms with van der Waals surface area (Å²) in [5.74, 6) is 0.226. The standard InChI is InChI=1S/C14H9BrFN3S/c15-12-10(7-4-8-11(12)16)13-17-18-14(20)19(13)9-5-2-1-3-6-9/h1-8H,(H,18,20). The zero-order valence-electron chi connectivity index (χ0n) is 10.2. The lowest BCUT2D eigenvalue weighted by Crippen LogP contribution is -1.98. The Morgan fingerprint density at radius 1 is 1.10 bits per heavy atom. The highest BCUT2D eigenvalue weighted by Crippen LogP contribution is 2.30. The molecule has 6 heteroatoms. The summed E-state index contributed by atoms with van der Waals surface area (Å²) < 4.78 is 16.3. The van der Waals surface area contributed by atoms with Gasteiger partial charge in [-0.2, -0.15) is 5.10 Å². The Balaban J connectivity index is 2.27. The Labute approximate surface area is 128 Å². The second-order valence-electron chi connectivity index (χ2n) is 4.12. The Morgan fingerprint density at radius 3 is 2.60 bits per heavy atom. The molecule has 0 spiro atoms. The van der Waals surface area contributed by atoms with Crippen molar-refractivity contribution in [2.75, 3.05) is 0 Å². The van der Waals surface area contributed by atoms with Gasteiger partial charge in [0.05, 0.1) is 4.47 Å². The van der Waals surface area contributed by atoms with Crippen LogP contribution in [0.25, 0.3) is 17.1 Å². The molecule has 0 atom stereocenters. The maximum atomic E-state index is 13.7. The molecule has 0 saturated heterocycles. The highest BCUT2D eigenvalue weighted by Gasteiger charge is 2.15. The third-order valence-electron chi connectivity index (χ3n) is 2.88. The molecule has 100 valence electrons. The third kappa shape index (κ3) is 2.21. The first kappa shape index (κ1) is 13.2. The van der Waals surface area contributed by atoms with Crippen molar-refractivity contribution in [3.63, 3.8) is 0 Å². The predicted octanol–water partition coefficient (Wildman–Crippen LogP) is 4.50. The van der Waals surface area contributed by atoms with Crippen LogP contribution in [0.5, 0.6) is 0 Å². The summed E-state index contributed by atoms with van der Waals surface area (Å²) in [7, 11) is 0. The monoisotopic (exact) mass is 349 g/mol. The molecule has 3 rings (SSSR count). The molecule has 0 amide bonds. The van der Waals surface area contributed by atoms with E-state index in [9.17, 15) is 4.39 Å². The second kappa shape index (κ2) is 5.30. The number of para-hydroxylation sites is 1. The van der Waals surface area contributed by atoms with E-state index in [0.29, 0.717) is 20.6 Å². The SMILES string of the molecule is Fc1cccc(-c2n[nH]c(=S)n2-c2ccccc2)c1Br. The minimum atomic E-state index is -0.337. The molecule has 1 N–H and O–H groups in total. The number of halogens is 2. The molecule has 1 aromatic heterocycles. The van der Waals surface area contributed by atoms with Crippen molar-refractivity contribution in [2.24, 2.45) is 0 Å². The number of nitrogens with zero attached hydrogens (tertiary/aromatic N) is 2. The molecular formula is C14H9BrFN3S. The van der Waals surface area contributed by atoms with Crippen molar-refractivity contribution >= 4 is 28.1 Å². The Bertz CT molecular complexity index is 811. The minimum absolute atomic E-state index is 0.337. The second-order valence-corrected chi connectivity index (χ2v) is 5.30. The van der Waals surface area contributed by atoms with Crippen LogP contribution in [0.1, 0.15) is 0 Å². The van der Waals surface area contributed by atoms with Gasteiger partial charge in [0.25, 0.3) is 0 Å². The molecule has 1 heterocycles. The third-order valence-corrected chi connectivity index (χ3v) is 3.96. The van der Waals surface area contributed by atoms with E-state index in [4.69, 9.17) is 12.2 Å². The van der Waals surface area contributed by atoms with Gasteiger partial charge < -0.3 is 0 Å². The summed E-state index contributed by atoms with van der Waals surface area (Å²) in [4.78, 5) is 0. The fourth-order valence-corrected chi connectivity index (χ4v) is 2.65. The number of aromatic nitrogens is 3. The molecule has 0 aliphatic carbocycles. The summed E-state index contributed by atoms with van der Waals surface area (Å²) in [5.41, 5.74) is 1.51. The van der Waals surface area contributed by atoms with Crippen molar-refractivity contribution in [3.05, 3.63) is 63.6 Å². The van der Waals surface area contributed by atoms with Crippen molar-refractivity contribution in [2.45, 2.75) is 0 Å². The molecule has 0 bridgehead atoms. The summed E-state index contributed by atoms with van der Waals surface area (Å²) >= 11 is 8.52. The van der Waals surface area contributed by atoms with E-state index in [0.717, 1.165) is 5.69 Å². The van der Waals surface area contributed by atoms with Gasteiger partial charge in [-0.1, -0.05) is 24.3 Å². The predicted molar refractivity (Wildman–Crippen MR) is 81.8 cm³/mol. The fourth-order valence-electron chi connectivity index (χ4n) is 1.97. The van der Waals surface area contributed by atoms with E-state index in [1.807, 2.05) is 30.3 Å². The number of nitrogens with one attached hydrogen (secondary N) is 1. The molecule has 2 aromatic carbocycles. The summed E-state index contributed by atoms with van der Waals surface area (Å²) in [6, 6.07) is 14.4. The first-order valence-electron chi connectivity index (χ1n) is 5.85. The van der Waals surface area contributed by atoms with Gasteiger partial charge in [0.15, 0.2) is 10.6 Å². The molecule has 20 heavy (non-hydrogen) atoms. The van der Waals surface area contributed by atoms with Gasteiger partial charge in [-0.3, -0.25) is 9.67 Å². The lowest BCUT2D eigenvalue weighted by Gasteiger charge is -2.08. The summed E-state index contributed by atoms with van der Waals surface area (Å²) in [6.45, 7) is 0. The first-order chi connectivity index (χ1) is 9.68. The number of benzene rings is 2. The van der Waals surface area contributed by atoms with Crippen molar-refractivity contribution < 1.29 is 4.39 Å². The van der Waals surface area contributed by atoms with Gasteiger partial charge in [-0.25, -0.2) is 4.39 Å². The lowest BCUT2D eigenvalue weighted by atomic mass is 10.2. The van der Waals surface area contributed by atoms with Gasteiger partial charge >= 0.3 is 0 Å². The normalized spacial score (nSPS) is 10.7. The lowest BCUT2D eigenvalue weighted by molar-refractivity contribution is 0.621. The number of hydrogen-bond acceptors (Lipinski definition) is 2. The zero-order chi connectivity index (χ0) is 14.1. The molecule has 0 unspecified atom stereocenters. The molecule has 0 saturated carbocycles. The highest BCUT2D eigenvalue weighted by atomic mass is 79.9. The van der Waals surface area contributed by atoms with Gasteiger partial charge in [0.1, 0.15) is 5.82 Å². The quantitative estimate of drug-likeness (QED) is 0.691. The van der Waals surface area contributed by atoms with Gasteiger partial charge in [0.2, 0.25) is 0 Å². The van der Waals surface area contributed by atoms with Crippen LogP contribution in [0.3, 0.4) is 0 Å². The Hall–Kier alpha value is -1.79. The van der Waals surface area contributed by atoms with Gasteiger partial charge in [-0.15, -0.1) is 0 Å². The van der Waals surface area contributed by atoms with Crippen LogP contribution < -0.4 is 0 Å². The summed E-state index contributed by atoms with van der Waals surface area (Å²) in [6.07, 6.45) is 0.